The molecule has 6 heterocycles. The number of aliphatic hydroxyl groups is 4. The Labute approximate surface area is 271 Å². The van der Waals surface area contributed by atoms with Crippen LogP contribution >= 0.6 is 23.5 Å². The van der Waals surface area contributed by atoms with Crippen molar-refractivity contribution in [3.05, 3.63) is 25.3 Å². The van der Waals surface area contributed by atoms with E-state index in [0.717, 1.165) is 12.7 Å². The summed E-state index contributed by atoms with van der Waals surface area (Å²) in [6.07, 6.45) is -7.97. The predicted molar refractivity (Wildman–Crippen MR) is 155 cm³/mol. The third-order valence-electron chi connectivity index (χ3n) is 7.21. The lowest BCUT2D eigenvalue weighted by molar-refractivity contribution is -0.0510. The maximum absolute atomic E-state index is 12.4. The Bertz CT molecular complexity index is 1860. The highest BCUT2D eigenvalue weighted by molar-refractivity contribution is 7.66. The molecule has 4 aromatic rings. The van der Waals surface area contributed by atoms with Crippen LogP contribution in [0.2, 0.25) is 0 Å². The van der Waals surface area contributed by atoms with Crippen molar-refractivity contribution in [2.45, 2.75) is 49.1 Å². The zero-order valence-corrected chi connectivity index (χ0v) is 26.9. The number of nitrogens with zero attached hydrogens (tertiary/aromatic N) is 8. The quantitative estimate of drug-likeness (QED) is 0.0671. The number of imidazole rings is 2. The van der Waals surface area contributed by atoms with Crippen molar-refractivity contribution in [1.82, 2.24) is 39.0 Å². The summed E-state index contributed by atoms with van der Waals surface area (Å²) in [6, 6.07) is 0. The molecule has 0 saturated carbocycles. The minimum absolute atomic E-state index is 0.0158. The maximum Gasteiger partial charge on any atom is 0.490 e. The molecule has 3 unspecified atom stereocenters. The van der Waals surface area contributed by atoms with Gasteiger partial charge in [-0.15, -0.1) is 0 Å². The number of anilines is 2. The van der Waals surface area contributed by atoms with E-state index < -0.39 is 85.8 Å². The lowest BCUT2D eigenvalue weighted by Crippen LogP contribution is -2.33. The molecule has 2 fully saturated rings. The minimum Gasteiger partial charge on any atom is -0.387 e. The Balaban J connectivity index is 1.03. The highest BCUT2D eigenvalue weighted by Gasteiger charge is 2.49. The normalized spacial score (nSPS) is 31.2. The van der Waals surface area contributed by atoms with Crippen molar-refractivity contribution >= 4 is 57.4 Å². The van der Waals surface area contributed by atoms with Gasteiger partial charge < -0.3 is 56.0 Å². The highest BCUT2D eigenvalue weighted by atomic mass is 31.3. The standard InChI is InChI=1S/C20H27N10O16P3/c21-15-9-17(25-3-23-15)29(5-27-9)19-13(33)11(31)7(43-19)1-41-47(35,36)45-49(39,40)46-48(37,38)42-2-8-12(32)14(34)20(44-8)30-6-28-10-16(22)24-4-26-18(10)30/h3-8,11-14,19-20,31-34H,1-2H2,(H,35,36)(H,37,38)(H,39,40)(H2,21,23,25)(H2,22,24,26)/t7-,8+,11+,12-,13+,14-,19-,20+. The summed E-state index contributed by atoms with van der Waals surface area (Å²) in [4.78, 5) is 53.5. The number of hydrogen-bond acceptors (Lipinski definition) is 21. The van der Waals surface area contributed by atoms with Crippen LogP contribution in [-0.4, -0.2) is 124 Å². The van der Waals surface area contributed by atoms with E-state index in [-0.39, 0.29) is 34.0 Å². The van der Waals surface area contributed by atoms with Gasteiger partial charge in [0.2, 0.25) is 0 Å². The molecular weight excluding hydrogens is 729 g/mol. The molecule has 29 heteroatoms. The molecular formula is C20H27N10O16P3. The number of aromatic nitrogens is 8. The van der Waals surface area contributed by atoms with Crippen LogP contribution in [0.25, 0.3) is 22.3 Å². The summed E-state index contributed by atoms with van der Waals surface area (Å²) < 4.78 is 67.9. The Hall–Kier alpha value is -3.13. The summed E-state index contributed by atoms with van der Waals surface area (Å²) in [7, 11) is -17.2. The fraction of sp³-hybridized carbons (Fsp3) is 0.500. The summed E-state index contributed by atoms with van der Waals surface area (Å²) in [5, 5.41) is 41.8. The molecule has 4 aromatic heterocycles. The number of fused-ring (bicyclic) bond motifs is 2. The molecule has 0 bridgehead atoms. The second-order valence-electron chi connectivity index (χ2n) is 10.4. The van der Waals surface area contributed by atoms with Crippen molar-refractivity contribution in [3.63, 3.8) is 0 Å². The van der Waals surface area contributed by atoms with E-state index in [0.29, 0.717) is 0 Å². The van der Waals surface area contributed by atoms with Gasteiger partial charge in [0.15, 0.2) is 35.4 Å². The Kier molecular flexibility index (Phi) is 9.62. The van der Waals surface area contributed by atoms with Gasteiger partial charge in [0, 0.05) is 0 Å². The highest BCUT2D eigenvalue weighted by Crippen LogP contribution is 2.67. The van der Waals surface area contributed by atoms with Crippen molar-refractivity contribution in [2.24, 2.45) is 0 Å². The van der Waals surface area contributed by atoms with Crippen molar-refractivity contribution < 1.29 is 75.9 Å². The van der Waals surface area contributed by atoms with Gasteiger partial charge in [-0.25, -0.2) is 43.6 Å². The van der Waals surface area contributed by atoms with Crippen LogP contribution in [0.4, 0.5) is 11.6 Å². The first-order valence-corrected chi connectivity index (χ1v) is 18.0. The molecule has 0 radical (unpaired) electrons. The topological polar surface area (TPSA) is 387 Å². The zero-order valence-electron chi connectivity index (χ0n) is 24.2. The molecule has 0 spiro atoms. The average Bonchev–Trinajstić information content (AvgIpc) is 3.77. The molecule has 0 amide bonds. The smallest absolute Gasteiger partial charge is 0.387 e. The van der Waals surface area contributed by atoms with E-state index in [4.69, 9.17) is 20.9 Å². The number of phosphoric acid groups is 3. The third-order valence-corrected chi connectivity index (χ3v) is 11.5. The molecule has 268 valence electrons. The van der Waals surface area contributed by atoms with E-state index >= 15 is 0 Å². The number of nitrogen functional groups attached to an aromatic ring is 2. The first-order valence-electron chi connectivity index (χ1n) is 13.6. The van der Waals surface area contributed by atoms with Crippen LogP contribution < -0.4 is 11.5 Å². The van der Waals surface area contributed by atoms with Crippen molar-refractivity contribution in [2.75, 3.05) is 24.7 Å². The van der Waals surface area contributed by atoms with E-state index in [1.54, 1.807) is 0 Å². The number of aliphatic hydroxyl groups excluding tert-OH is 4. The molecule has 2 aliphatic heterocycles. The van der Waals surface area contributed by atoms with Crippen LogP contribution in [0, 0.1) is 0 Å². The lowest BCUT2D eigenvalue weighted by Gasteiger charge is -2.21. The number of ether oxygens (including phenoxy) is 2. The Morgan fingerprint density at radius 3 is 1.41 bits per heavy atom. The van der Waals surface area contributed by atoms with Crippen LogP contribution in [0.5, 0.6) is 0 Å². The predicted octanol–water partition coefficient (Wildman–Crippen LogP) is -2.56. The average molecular weight is 756 g/mol. The van der Waals surface area contributed by atoms with Crippen LogP contribution in [0.1, 0.15) is 12.5 Å². The molecule has 49 heavy (non-hydrogen) atoms. The van der Waals surface area contributed by atoms with Crippen molar-refractivity contribution in [3.8, 4) is 0 Å². The maximum atomic E-state index is 12.4. The van der Waals surface area contributed by atoms with Crippen LogP contribution in [0.15, 0.2) is 25.3 Å². The summed E-state index contributed by atoms with van der Waals surface area (Å²) in [5.74, 6) is 0.0316. The Morgan fingerprint density at radius 2 is 1.02 bits per heavy atom. The van der Waals surface area contributed by atoms with Gasteiger partial charge >= 0.3 is 23.5 Å². The number of phosphoric ester groups is 2. The van der Waals surface area contributed by atoms with Gasteiger partial charge in [0.05, 0.1) is 25.9 Å². The fourth-order valence-electron chi connectivity index (χ4n) is 4.96. The first-order chi connectivity index (χ1) is 23.0. The van der Waals surface area contributed by atoms with E-state index in [1.807, 2.05) is 0 Å². The Morgan fingerprint density at radius 1 is 0.633 bits per heavy atom. The minimum atomic E-state index is -5.94. The first kappa shape index (κ1) is 35.7. The largest absolute Gasteiger partial charge is 0.490 e. The van der Waals surface area contributed by atoms with Gasteiger partial charge in [-0.05, 0) is 0 Å². The number of nitrogens with two attached hydrogens (primary N) is 2. The molecule has 0 aromatic carbocycles. The van der Waals surface area contributed by atoms with E-state index in [9.17, 15) is 48.8 Å². The number of rotatable bonds is 12. The molecule has 2 aliphatic rings. The molecule has 11 N–H and O–H groups in total. The molecule has 2 saturated heterocycles. The summed E-state index contributed by atoms with van der Waals surface area (Å²) >= 11 is 0. The van der Waals surface area contributed by atoms with Gasteiger partial charge in [0.1, 0.15) is 60.3 Å². The zero-order chi connectivity index (χ0) is 35.5. The third kappa shape index (κ3) is 7.22. The van der Waals surface area contributed by atoms with Gasteiger partial charge in [0.25, 0.3) is 0 Å². The molecule has 26 nitrogen and oxygen atoms in total. The number of hydrogen-bond donors (Lipinski definition) is 9. The van der Waals surface area contributed by atoms with Gasteiger partial charge in [-0.3, -0.25) is 18.2 Å². The van der Waals surface area contributed by atoms with Gasteiger partial charge in [-0.2, -0.15) is 8.62 Å². The molecule has 6 rings (SSSR count). The lowest BCUT2D eigenvalue weighted by atomic mass is 10.1. The van der Waals surface area contributed by atoms with Crippen molar-refractivity contribution in [1.29, 1.82) is 0 Å². The monoisotopic (exact) mass is 756 g/mol. The van der Waals surface area contributed by atoms with E-state index in [2.05, 4.69) is 47.6 Å². The van der Waals surface area contributed by atoms with Crippen LogP contribution in [-0.2, 0) is 40.8 Å². The SMILES string of the molecule is Nc1ncnc2c1ncn2[C@@H]1O[C@H](COP(=O)(O)OP(=O)(O)OP(=O)(O)OC[C@@H]2O[C@H](n3cnc4c(N)ncnc43)[C@H](O)[C@@H]2O)[C@H](O)[C@@H]1O. The second kappa shape index (κ2) is 13.2. The second-order valence-corrected chi connectivity index (χ2v) is 15.1. The summed E-state index contributed by atoms with van der Waals surface area (Å²) in [6.45, 7) is -2.05. The molecule has 11 atom stereocenters. The van der Waals surface area contributed by atoms with Crippen LogP contribution in [0.3, 0.4) is 0 Å². The molecule has 0 aliphatic carbocycles. The fourth-order valence-corrected chi connectivity index (χ4v) is 8.49. The summed E-state index contributed by atoms with van der Waals surface area (Å²) in [5.41, 5.74) is 12.0. The van der Waals surface area contributed by atoms with Gasteiger partial charge in [-0.1, -0.05) is 0 Å². The van der Waals surface area contributed by atoms with E-state index in [1.165, 1.54) is 21.8 Å².